The summed E-state index contributed by atoms with van der Waals surface area (Å²) in [7, 11) is 1.57. The van der Waals surface area contributed by atoms with Crippen LogP contribution in [-0.4, -0.2) is 44.5 Å². The number of ether oxygens (including phenoxy) is 1. The number of nitrogens with one attached hydrogen (secondary N) is 2. The van der Waals surface area contributed by atoms with Crippen molar-refractivity contribution in [1.29, 1.82) is 0 Å². The highest BCUT2D eigenvalue weighted by molar-refractivity contribution is 5.80. The maximum Gasteiger partial charge on any atom is 0.390 e. The Hall–Kier alpha value is -0.980. The normalized spacial score (nSPS) is 32.1. The zero-order valence-corrected chi connectivity index (χ0v) is 12.8. The first kappa shape index (κ1) is 16.4. The predicted octanol–water partition coefficient (Wildman–Crippen LogP) is 2.31. The molecule has 0 radical (unpaired) electrons. The largest absolute Gasteiger partial charge is 0.390 e. The summed E-state index contributed by atoms with van der Waals surface area (Å²) in [6.07, 6.45) is -2.65. The minimum atomic E-state index is -4.15. The number of guanidine groups is 1. The van der Waals surface area contributed by atoms with Gasteiger partial charge in [-0.05, 0) is 12.8 Å². The Morgan fingerprint density at radius 3 is 2.71 bits per heavy atom. The molecule has 21 heavy (non-hydrogen) atoms. The topological polar surface area (TPSA) is 45.7 Å². The fourth-order valence-corrected chi connectivity index (χ4v) is 3.48. The van der Waals surface area contributed by atoms with Crippen molar-refractivity contribution < 1.29 is 17.9 Å². The van der Waals surface area contributed by atoms with Crippen LogP contribution in [0.1, 0.15) is 33.1 Å². The Balaban J connectivity index is 1.87. The molecule has 2 rings (SSSR count). The molecule has 0 amide bonds. The smallest absolute Gasteiger partial charge is 0.377 e. The van der Waals surface area contributed by atoms with Gasteiger partial charge in [-0.15, -0.1) is 0 Å². The van der Waals surface area contributed by atoms with E-state index >= 15 is 0 Å². The molecular formula is C14H24F3N3O. The molecule has 1 aliphatic heterocycles. The van der Waals surface area contributed by atoms with E-state index in [9.17, 15) is 13.2 Å². The van der Waals surface area contributed by atoms with Crippen LogP contribution >= 0.6 is 0 Å². The molecule has 0 spiro atoms. The van der Waals surface area contributed by atoms with Crippen LogP contribution in [0.4, 0.5) is 13.2 Å². The quantitative estimate of drug-likeness (QED) is 0.621. The third kappa shape index (κ3) is 3.62. The van der Waals surface area contributed by atoms with Gasteiger partial charge in [0.25, 0.3) is 0 Å². The van der Waals surface area contributed by atoms with Crippen molar-refractivity contribution in [2.45, 2.75) is 51.4 Å². The van der Waals surface area contributed by atoms with E-state index in [0.717, 1.165) is 19.4 Å². The molecule has 1 heterocycles. The Labute approximate surface area is 123 Å². The molecule has 0 aromatic heterocycles. The maximum absolute atomic E-state index is 12.2. The van der Waals surface area contributed by atoms with Gasteiger partial charge < -0.3 is 15.4 Å². The van der Waals surface area contributed by atoms with E-state index in [4.69, 9.17) is 4.74 Å². The van der Waals surface area contributed by atoms with Gasteiger partial charge in [-0.1, -0.05) is 13.8 Å². The highest BCUT2D eigenvalue weighted by Crippen LogP contribution is 2.51. The lowest BCUT2D eigenvalue weighted by molar-refractivity contribution is -0.188. The van der Waals surface area contributed by atoms with E-state index in [2.05, 4.69) is 29.5 Å². The highest BCUT2D eigenvalue weighted by atomic mass is 19.4. The number of aliphatic imine (C=N–C) groups is 1. The second kappa shape index (κ2) is 6.02. The van der Waals surface area contributed by atoms with E-state index in [-0.39, 0.29) is 24.1 Å². The van der Waals surface area contributed by atoms with Crippen LogP contribution in [0.2, 0.25) is 0 Å². The van der Waals surface area contributed by atoms with Gasteiger partial charge in [-0.25, -0.2) is 0 Å². The summed E-state index contributed by atoms with van der Waals surface area (Å²) in [6, 6.07) is 0.180. The summed E-state index contributed by atoms with van der Waals surface area (Å²) in [5.74, 6) is 0.844. The lowest BCUT2D eigenvalue weighted by atomic mass is 9.55. The van der Waals surface area contributed by atoms with Crippen molar-refractivity contribution in [1.82, 2.24) is 10.6 Å². The zero-order chi connectivity index (χ0) is 15.7. The van der Waals surface area contributed by atoms with Crippen molar-refractivity contribution in [3.63, 3.8) is 0 Å². The van der Waals surface area contributed by atoms with E-state index in [1.807, 2.05) is 0 Å². The summed E-state index contributed by atoms with van der Waals surface area (Å²) >= 11 is 0. The molecule has 0 aromatic rings. The second-order valence-electron chi connectivity index (χ2n) is 6.41. The monoisotopic (exact) mass is 307 g/mol. The fourth-order valence-electron chi connectivity index (χ4n) is 3.48. The molecule has 4 nitrogen and oxygen atoms in total. The van der Waals surface area contributed by atoms with Crippen molar-refractivity contribution >= 4 is 5.96 Å². The summed E-state index contributed by atoms with van der Waals surface area (Å²) in [5.41, 5.74) is -0.0350. The molecule has 1 saturated carbocycles. The highest BCUT2D eigenvalue weighted by Gasteiger charge is 2.58. The number of hydrogen-bond acceptors (Lipinski definition) is 2. The van der Waals surface area contributed by atoms with Gasteiger partial charge >= 0.3 is 6.18 Å². The van der Waals surface area contributed by atoms with Gasteiger partial charge in [0.2, 0.25) is 0 Å². The number of hydrogen-bond donors (Lipinski definition) is 2. The third-order valence-electron chi connectivity index (χ3n) is 4.55. The molecule has 3 atom stereocenters. The molecule has 2 N–H and O–H groups in total. The first-order valence-corrected chi connectivity index (χ1v) is 7.41. The van der Waals surface area contributed by atoms with Gasteiger partial charge in [-0.3, -0.25) is 4.99 Å². The minimum absolute atomic E-state index is 0.0350. The molecule has 3 unspecified atom stereocenters. The fraction of sp³-hybridized carbons (Fsp3) is 0.929. The number of halogens is 3. The van der Waals surface area contributed by atoms with E-state index in [1.165, 1.54) is 0 Å². The molecule has 122 valence electrons. The number of nitrogens with zero attached hydrogens (tertiary/aromatic N) is 1. The van der Waals surface area contributed by atoms with E-state index in [0.29, 0.717) is 11.9 Å². The molecule has 0 bridgehead atoms. The van der Waals surface area contributed by atoms with Gasteiger partial charge in [0, 0.05) is 37.6 Å². The summed E-state index contributed by atoms with van der Waals surface area (Å²) in [6.45, 7) is 4.89. The lowest BCUT2D eigenvalue weighted by Crippen LogP contribution is -2.71. The zero-order valence-electron chi connectivity index (χ0n) is 12.8. The van der Waals surface area contributed by atoms with E-state index in [1.54, 1.807) is 7.05 Å². The molecule has 2 aliphatic rings. The summed E-state index contributed by atoms with van der Waals surface area (Å²) in [5, 5.41) is 6.01. The van der Waals surface area contributed by atoms with Crippen LogP contribution in [0.25, 0.3) is 0 Å². The predicted molar refractivity (Wildman–Crippen MR) is 75.2 cm³/mol. The van der Waals surface area contributed by atoms with Crippen LogP contribution in [0, 0.1) is 11.3 Å². The van der Waals surface area contributed by atoms with Crippen LogP contribution in [-0.2, 0) is 4.74 Å². The average Bonchev–Trinajstić information content (AvgIpc) is 2.41. The van der Waals surface area contributed by atoms with Crippen LogP contribution in [0.5, 0.6) is 0 Å². The van der Waals surface area contributed by atoms with Gasteiger partial charge in [0.15, 0.2) is 5.96 Å². The molecule has 7 heteroatoms. The summed E-state index contributed by atoms with van der Waals surface area (Å²) in [4.78, 5) is 4.02. The van der Waals surface area contributed by atoms with Gasteiger partial charge in [-0.2, -0.15) is 13.2 Å². The van der Waals surface area contributed by atoms with E-state index < -0.39 is 12.6 Å². The van der Waals surface area contributed by atoms with Gasteiger partial charge in [0.1, 0.15) is 0 Å². The molecular weight excluding hydrogens is 283 g/mol. The summed E-state index contributed by atoms with van der Waals surface area (Å²) < 4.78 is 42.3. The van der Waals surface area contributed by atoms with Crippen molar-refractivity contribution in [2.24, 2.45) is 16.3 Å². The number of alkyl halides is 3. The van der Waals surface area contributed by atoms with Gasteiger partial charge in [0.05, 0.1) is 12.5 Å². The first-order chi connectivity index (χ1) is 9.75. The third-order valence-corrected chi connectivity index (χ3v) is 4.55. The van der Waals surface area contributed by atoms with Crippen LogP contribution < -0.4 is 10.6 Å². The Bertz CT molecular complexity index is 395. The molecule has 2 fully saturated rings. The Morgan fingerprint density at radius 2 is 2.10 bits per heavy atom. The average molecular weight is 307 g/mol. The lowest BCUT2D eigenvalue weighted by Gasteiger charge is -2.60. The standard InChI is InChI=1S/C14H24F3N3O/c1-13(2)10(9-5-4-8-21-11(9)13)20-12(18-3)19-7-6-14(15,16)17/h9-11H,4-8H2,1-3H3,(H2,18,19,20). The molecule has 0 aromatic carbocycles. The van der Waals surface area contributed by atoms with Crippen LogP contribution in [0.3, 0.4) is 0 Å². The van der Waals surface area contributed by atoms with Crippen molar-refractivity contribution in [2.75, 3.05) is 20.2 Å². The van der Waals surface area contributed by atoms with Crippen LogP contribution in [0.15, 0.2) is 4.99 Å². The molecule has 1 saturated heterocycles. The maximum atomic E-state index is 12.2. The number of rotatable bonds is 3. The minimum Gasteiger partial charge on any atom is -0.377 e. The number of fused-ring (bicyclic) bond motifs is 1. The van der Waals surface area contributed by atoms with Crippen molar-refractivity contribution in [3.05, 3.63) is 0 Å². The first-order valence-electron chi connectivity index (χ1n) is 7.41. The molecule has 1 aliphatic carbocycles. The van der Waals surface area contributed by atoms with Crippen molar-refractivity contribution in [3.8, 4) is 0 Å². The second-order valence-corrected chi connectivity index (χ2v) is 6.41. The Morgan fingerprint density at radius 1 is 1.38 bits per heavy atom. The Kier molecular flexibility index (Phi) is 4.70. The SMILES string of the molecule is CN=C(NCCC(F)(F)F)NC1C2CCCOC2C1(C)C.